The molecule has 4 rings (SSSR count). The zero-order valence-corrected chi connectivity index (χ0v) is 20.2. The highest BCUT2D eigenvalue weighted by atomic mass is 32.2. The minimum absolute atomic E-state index is 0.133. The van der Waals surface area contributed by atoms with Crippen LogP contribution in [-0.4, -0.2) is 30.7 Å². The quantitative estimate of drug-likeness (QED) is 0.295. The molecule has 160 valence electrons. The van der Waals surface area contributed by atoms with Crippen molar-refractivity contribution >= 4 is 44.9 Å². The van der Waals surface area contributed by atoms with Gasteiger partial charge in [-0.05, 0) is 33.7 Å². The lowest BCUT2D eigenvalue weighted by Crippen LogP contribution is -2.37. The van der Waals surface area contributed by atoms with Crippen LogP contribution in [0.3, 0.4) is 0 Å². The van der Waals surface area contributed by atoms with Crippen molar-refractivity contribution in [3.8, 4) is 16.9 Å². The third-order valence-electron chi connectivity index (χ3n) is 5.70. The van der Waals surface area contributed by atoms with E-state index in [9.17, 15) is 8.42 Å². The third-order valence-corrected chi connectivity index (χ3v) is 9.06. The van der Waals surface area contributed by atoms with E-state index in [2.05, 4.69) is 37.8 Å². The lowest BCUT2D eigenvalue weighted by molar-refractivity contribution is 0.398. The zero-order chi connectivity index (χ0) is 22.4. The molecule has 0 aromatic heterocycles. The first-order valence-corrected chi connectivity index (χ1v) is 15.0. The van der Waals surface area contributed by atoms with E-state index in [0.29, 0.717) is 11.3 Å². The largest absolute Gasteiger partial charge is 0.496 e. The van der Waals surface area contributed by atoms with Crippen molar-refractivity contribution in [2.24, 2.45) is 0 Å². The summed E-state index contributed by atoms with van der Waals surface area (Å²) < 4.78 is 36.5. The lowest BCUT2D eigenvalue weighted by atomic mass is 9.93. The van der Waals surface area contributed by atoms with Gasteiger partial charge in [0.05, 0.1) is 22.3 Å². The second-order valence-corrected chi connectivity index (χ2v) is 15.4. The molecule has 0 saturated heterocycles. The van der Waals surface area contributed by atoms with Crippen molar-refractivity contribution in [3.63, 3.8) is 0 Å². The van der Waals surface area contributed by atoms with Gasteiger partial charge in [0.25, 0.3) is 10.1 Å². The maximum Gasteiger partial charge on any atom is 0.297 e. The summed E-state index contributed by atoms with van der Waals surface area (Å²) in [5.74, 6) is 0.622. The SMILES string of the molecule is COc1ccc2cc([Si](C)(C)C)ccc2c1-c1c(S(=O)(=O)OC)ccc2ccccc12. The topological polar surface area (TPSA) is 52.6 Å². The Kier molecular flexibility index (Phi) is 5.41. The minimum Gasteiger partial charge on any atom is -0.496 e. The Morgan fingerprint density at radius 1 is 0.742 bits per heavy atom. The minimum atomic E-state index is -3.94. The van der Waals surface area contributed by atoms with E-state index in [1.807, 2.05) is 42.5 Å². The number of fused-ring (bicyclic) bond motifs is 2. The lowest BCUT2D eigenvalue weighted by Gasteiger charge is -2.20. The Morgan fingerprint density at radius 2 is 1.42 bits per heavy atom. The fourth-order valence-electron chi connectivity index (χ4n) is 4.01. The second-order valence-electron chi connectivity index (χ2n) is 8.61. The predicted octanol–water partition coefficient (Wildman–Crippen LogP) is 5.55. The average Bonchev–Trinajstić information content (AvgIpc) is 2.76. The van der Waals surface area contributed by atoms with Gasteiger partial charge in [0.1, 0.15) is 10.6 Å². The van der Waals surface area contributed by atoms with Crippen molar-refractivity contribution in [1.82, 2.24) is 0 Å². The molecule has 0 saturated carbocycles. The van der Waals surface area contributed by atoms with Gasteiger partial charge in [-0.2, -0.15) is 8.42 Å². The number of hydrogen-bond donors (Lipinski definition) is 0. The fraction of sp³-hybridized carbons (Fsp3) is 0.200. The summed E-state index contributed by atoms with van der Waals surface area (Å²) in [7, 11) is -2.65. The van der Waals surface area contributed by atoms with Crippen LogP contribution in [0, 0.1) is 0 Å². The van der Waals surface area contributed by atoms with Crippen LogP contribution in [0.25, 0.3) is 32.7 Å². The van der Waals surface area contributed by atoms with Crippen LogP contribution in [0.1, 0.15) is 0 Å². The van der Waals surface area contributed by atoms with Gasteiger partial charge in [-0.3, -0.25) is 4.18 Å². The molecular weight excluding hydrogens is 424 g/mol. The maximum atomic E-state index is 12.9. The van der Waals surface area contributed by atoms with Gasteiger partial charge >= 0.3 is 0 Å². The molecular formula is C25H26O4SSi. The molecule has 0 radical (unpaired) electrons. The summed E-state index contributed by atoms with van der Waals surface area (Å²) >= 11 is 0. The van der Waals surface area contributed by atoms with E-state index >= 15 is 0 Å². The molecule has 4 aromatic rings. The second kappa shape index (κ2) is 7.78. The molecule has 0 spiro atoms. The highest BCUT2D eigenvalue weighted by Gasteiger charge is 2.25. The molecule has 0 fully saturated rings. The molecule has 0 heterocycles. The van der Waals surface area contributed by atoms with Gasteiger partial charge < -0.3 is 4.74 Å². The molecule has 0 N–H and O–H groups in total. The highest BCUT2D eigenvalue weighted by Crippen LogP contribution is 2.44. The van der Waals surface area contributed by atoms with Crippen LogP contribution in [0.15, 0.2) is 71.6 Å². The Labute approximate surface area is 184 Å². The normalized spacial score (nSPS) is 12.4. The molecule has 4 aromatic carbocycles. The third kappa shape index (κ3) is 3.75. The van der Waals surface area contributed by atoms with E-state index in [4.69, 9.17) is 8.92 Å². The molecule has 0 aliphatic heterocycles. The van der Waals surface area contributed by atoms with Gasteiger partial charge in [0, 0.05) is 11.1 Å². The van der Waals surface area contributed by atoms with Crippen molar-refractivity contribution in [2.75, 3.05) is 14.2 Å². The molecule has 6 heteroatoms. The fourth-order valence-corrected chi connectivity index (χ4v) is 6.06. The van der Waals surface area contributed by atoms with Crippen molar-refractivity contribution in [3.05, 3.63) is 66.7 Å². The van der Waals surface area contributed by atoms with E-state index in [1.54, 1.807) is 13.2 Å². The first kappa shape index (κ1) is 21.6. The smallest absolute Gasteiger partial charge is 0.297 e. The Hall–Kier alpha value is -2.67. The maximum absolute atomic E-state index is 12.9. The van der Waals surface area contributed by atoms with Crippen LogP contribution in [0.2, 0.25) is 19.6 Å². The van der Waals surface area contributed by atoms with E-state index < -0.39 is 18.2 Å². The van der Waals surface area contributed by atoms with Gasteiger partial charge in [-0.15, -0.1) is 0 Å². The molecule has 4 nitrogen and oxygen atoms in total. The molecule has 0 bridgehead atoms. The average molecular weight is 451 g/mol. The molecule has 0 aliphatic rings. The Morgan fingerprint density at radius 3 is 2.10 bits per heavy atom. The molecule has 0 amide bonds. The summed E-state index contributed by atoms with van der Waals surface area (Å²) in [5, 5.41) is 5.14. The van der Waals surface area contributed by atoms with E-state index in [-0.39, 0.29) is 4.90 Å². The van der Waals surface area contributed by atoms with Gasteiger partial charge in [0.15, 0.2) is 0 Å². The van der Waals surface area contributed by atoms with Gasteiger partial charge in [0.2, 0.25) is 0 Å². The Bertz CT molecular complexity index is 1400. The summed E-state index contributed by atoms with van der Waals surface area (Å²) in [5.41, 5.74) is 1.36. The molecule has 31 heavy (non-hydrogen) atoms. The zero-order valence-electron chi connectivity index (χ0n) is 18.4. The summed E-state index contributed by atoms with van der Waals surface area (Å²) in [4.78, 5) is 0.133. The Balaban J connectivity index is 2.19. The monoisotopic (exact) mass is 450 g/mol. The van der Waals surface area contributed by atoms with Gasteiger partial charge in [-0.25, -0.2) is 0 Å². The molecule has 0 atom stereocenters. The number of methoxy groups -OCH3 is 1. The van der Waals surface area contributed by atoms with Crippen LogP contribution >= 0.6 is 0 Å². The first-order valence-electron chi connectivity index (χ1n) is 10.1. The first-order chi connectivity index (χ1) is 14.7. The van der Waals surface area contributed by atoms with Crippen LogP contribution < -0.4 is 9.92 Å². The summed E-state index contributed by atoms with van der Waals surface area (Å²) in [6.45, 7) is 6.94. The number of hydrogen-bond acceptors (Lipinski definition) is 4. The van der Waals surface area contributed by atoms with Crippen LogP contribution in [-0.2, 0) is 14.3 Å². The highest BCUT2D eigenvalue weighted by molar-refractivity contribution is 7.87. The van der Waals surface area contributed by atoms with Crippen molar-refractivity contribution in [2.45, 2.75) is 24.5 Å². The molecule has 0 aliphatic carbocycles. The predicted molar refractivity (Wildman–Crippen MR) is 131 cm³/mol. The van der Waals surface area contributed by atoms with Crippen molar-refractivity contribution < 1.29 is 17.3 Å². The van der Waals surface area contributed by atoms with Crippen LogP contribution in [0.5, 0.6) is 5.75 Å². The number of benzene rings is 4. The van der Waals surface area contributed by atoms with Crippen LogP contribution in [0.4, 0.5) is 0 Å². The van der Waals surface area contributed by atoms with E-state index in [0.717, 1.165) is 27.1 Å². The van der Waals surface area contributed by atoms with Crippen molar-refractivity contribution in [1.29, 1.82) is 0 Å². The summed E-state index contributed by atoms with van der Waals surface area (Å²) in [6.07, 6.45) is 0. The molecule has 0 unspecified atom stereocenters. The van der Waals surface area contributed by atoms with Gasteiger partial charge in [-0.1, -0.05) is 79.4 Å². The standard InChI is InChI=1S/C25H26O4SSi/c1-28-22-14-10-18-16-19(31(3,4)5)12-13-21(18)24(22)25-20-9-7-6-8-17(20)11-15-23(25)30(26,27)29-2/h6-16H,1-5H3. The number of ether oxygens (including phenoxy) is 1. The van der Waals surface area contributed by atoms with E-state index in [1.165, 1.54) is 12.3 Å². The number of rotatable bonds is 5. The summed E-state index contributed by atoms with van der Waals surface area (Å²) in [6, 6.07) is 21.6.